The second-order valence-electron chi connectivity index (χ2n) is 6.27. The van der Waals surface area contributed by atoms with Gasteiger partial charge in [-0.1, -0.05) is 39.0 Å². The Morgan fingerprint density at radius 2 is 1.85 bits per heavy atom. The fourth-order valence-electron chi connectivity index (χ4n) is 2.72. The number of aromatic nitrogens is 1. The van der Waals surface area contributed by atoms with Gasteiger partial charge in [0.15, 0.2) is 0 Å². The van der Waals surface area contributed by atoms with Gasteiger partial charge in [-0.3, -0.25) is 0 Å². The minimum atomic E-state index is -0.921. The van der Waals surface area contributed by atoms with Crippen LogP contribution >= 0.6 is 11.3 Å². The van der Waals surface area contributed by atoms with E-state index in [2.05, 4.69) is 24.9 Å². The topological polar surface area (TPSA) is 59.4 Å². The van der Waals surface area contributed by atoms with Gasteiger partial charge in [-0.2, -0.15) is 0 Å². The summed E-state index contributed by atoms with van der Waals surface area (Å²) in [6.45, 7) is 6.19. The molecule has 0 saturated heterocycles. The number of carboxylic acid groups (broad SMARTS) is 1. The number of aryl methyl sites for hydroxylation is 1. The Kier molecular flexibility index (Phi) is 5.38. The standard InChI is InChI=1S/C21H21NO3S/c1-4-17-19(21(23)24)26-20(22-17)14-9-11-15(12-10-14)25-18-8-6-5-7-16(18)13(2)3/h5-13H,4H2,1-3H3,(H,23,24). The van der Waals surface area contributed by atoms with E-state index in [1.54, 1.807) is 0 Å². The third-order valence-electron chi connectivity index (χ3n) is 4.10. The van der Waals surface area contributed by atoms with Crippen LogP contribution in [0.4, 0.5) is 0 Å². The van der Waals surface area contributed by atoms with Crippen molar-refractivity contribution in [1.29, 1.82) is 0 Å². The van der Waals surface area contributed by atoms with E-state index in [9.17, 15) is 9.90 Å². The molecule has 1 heterocycles. The Balaban J connectivity index is 1.85. The van der Waals surface area contributed by atoms with Crippen LogP contribution in [0.2, 0.25) is 0 Å². The van der Waals surface area contributed by atoms with Crippen molar-refractivity contribution in [2.24, 2.45) is 0 Å². The molecule has 3 rings (SSSR count). The largest absolute Gasteiger partial charge is 0.477 e. The van der Waals surface area contributed by atoms with Crippen LogP contribution in [0.25, 0.3) is 10.6 Å². The number of carbonyl (C=O) groups is 1. The Morgan fingerprint density at radius 3 is 2.42 bits per heavy atom. The molecule has 0 fully saturated rings. The molecule has 3 aromatic rings. The Morgan fingerprint density at radius 1 is 1.15 bits per heavy atom. The average Bonchev–Trinajstić information content (AvgIpc) is 3.07. The first-order chi connectivity index (χ1) is 12.5. The summed E-state index contributed by atoms with van der Waals surface area (Å²) < 4.78 is 6.04. The molecule has 26 heavy (non-hydrogen) atoms. The van der Waals surface area contributed by atoms with Gasteiger partial charge in [-0.15, -0.1) is 11.3 Å². The van der Waals surface area contributed by atoms with Gasteiger partial charge >= 0.3 is 5.97 Å². The van der Waals surface area contributed by atoms with Gasteiger partial charge in [-0.05, 0) is 48.2 Å². The molecule has 0 aliphatic rings. The van der Waals surface area contributed by atoms with Gasteiger partial charge in [-0.25, -0.2) is 9.78 Å². The van der Waals surface area contributed by atoms with Gasteiger partial charge < -0.3 is 9.84 Å². The van der Waals surface area contributed by atoms with E-state index in [1.165, 1.54) is 11.3 Å². The number of hydrogen-bond acceptors (Lipinski definition) is 4. The molecule has 0 atom stereocenters. The molecule has 0 aliphatic carbocycles. The maximum absolute atomic E-state index is 11.3. The van der Waals surface area contributed by atoms with Gasteiger partial charge in [0.25, 0.3) is 0 Å². The summed E-state index contributed by atoms with van der Waals surface area (Å²) in [4.78, 5) is 16.1. The smallest absolute Gasteiger partial charge is 0.347 e. The Hall–Kier alpha value is -2.66. The number of aromatic carboxylic acids is 1. The van der Waals surface area contributed by atoms with E-state index in [-0.39, 0.29) is 0 Å². The summed E-state index contributed by atoms with van der Waals surface area (Å²) in [6, 6.07) is 15.6. The number of benzene rings is 2. The zero-order valence-corrected chi connectivity index (χ0v) is 15.8. The lowest BCUT2D eigenvalue weighted by molar-refractivity contribution is 0.0701. The van der Waals surface area contributed by atoms with E-state index < -0.39 is 5.97 Å². The minimum absolute atomic E-state index is 0.314. The van der Waals surface area contributed by atoms with Crippen LogP contribution in [-0.4, -0.2) is 16.1 Å². The predicted octanol–water partition coefficient (Wildman–Crippen LogP) is 5.99. The third-order valence-corrected chi connectivity index (χ3v) is 5.23. The van der Waals surface area contributed by atoms with E-state index in [1.807, 2.05) is 49.4 Å². The van der Waals surface area contributed by atoms with Gasteiger partial charge in [0, 0.05) is 5.56 Å². The SMILES string of the molecule is CCc1nc(-c2ccc(Oc3ccccc3C(C)C)cc2)sc1C(=O)O. The molecule has 0 radical (unpaired) electrons. The second kappa shape index (κ2) is 7.70. The lowest BCUT2D eigenvalue weighted by Gasteiger charge is -2.13. The Labute approximate surface area is 157 Å². The maximum Gasteiger partial charge on any atom is 0.347 e. The van der Waals surface area contributed by atoms with Gasteiger partial charge in [0.2, 0.25) is 0 Å². The van der Waals surface area contributed by atoms with Crippen LogP contribution in [0.1, 0.15) is 47.6 Å². The number of para-hydroxylation sites is 1. The monoisotopic (exact) mass is 367 g/mol. The lowest BCUT2D eigenvalue weighted by atomic mass is 10.0. The third kappa shape index (κ3) is 3.78. The van der Waals surface area contributed by atoms with Crippen LogP contribution in [0.3, 0.4) is 0 Å². The number of carboxylic acids is 1. The van der Waals surface area contributed by atoms with Crippen molar-refractivity contribution in [3.63, 3.8) is 0 Å². The number of rotatable bonds is 6. The van der Waals surface area contributed by atoms with Crippen molar-refractivity contribution in [2.45, 2.75) is 33.1 Å². The molecule has 0 amide bonds. The summed E-state index contributed by atoms with van der Waals surface area (Å²) in [7, 11) is 0. The van der Waals surface area contributed by atoms with Crippen molar-refractivity contribution in [1.82, 2.24) is 4.98 Å². The lowest BCUT2D eigenvalue weighted by Crippen LogP contribution is -1.97. The molecule has 0 saturated carbocycles. The number of thiazole rings is 1. The number of ether oxygens (including phenoxy) is 1. The first kappa shape index (κ1) is 18.1. The van der Waals surface area contributed by atoms with E-state index in [0.29, 0.717) is 27.9 Å². The van der Waals surface area contributed by atoms with E-state index in [0.717, 1.165) is 22.6 Å². The molecule has 5 heteroatoms. The number of nitrogens with zero attached hydrogens (tertiary/aromatic N) is 1. The fraction of sp³-hybridized carbons (Fsp3) is 0.238. The summed E-state index contributed by atoms with van der Waals surface area (Å²) in [5, 5.41) is 10.0. The van der Waals surface area contributed by atoms with Crippen LogP contribution in [0.15, 0.2) is 48.5 Å². The highest BCUT2D eigenvalue weighted by atomic mass is 32.1. The van der Waals surface area contributed by atoms with Gasteiger partial charge in [0.05, 0.1) is 5.69 Å². The first-order valence-corrected chi connectivity index (χ1v) is 9.41. The average molecular weight is 367 g/mol. The van der Waals surface area contributed by atoms with Crippen molar-refractivity contribution >= 4 is 17.3 Å². The molecular formula is C21H21NO3S. The minimum Gasteiger partial charge on any atom is -0.477 e. The summed E-state index contributed by atoms with van der Waals surface area (Å²) in [6.07, 6.45) is 0.602. The molecule has 1 N–H and O–H groups in total. The molecule has 0 unspecified atom stereocenters. The van der Waals surface area contributed by atoms with Crippen LogP contribution < -0.4 is 4.74 Å². The van der Waals surface area contributed by atoms with Crippen molar-refractivity contribution in [3.05, 3.63) is 64.7 Å². The molecule has 0 spiro atoms. The normalized spacial score (nSPS) is 10.9. The first-order valence-electron chi connectivity index (χ1n) is 8.59. The quantitative estimate of drug-likeness (QED) is 0.581. The molecule has 0 bridgehead atoms. The van der Waals surface area contributed by atoms with E-state index in [4.69, 9.17) is 4.74 Å². The van der Waals surface area contributed by atoms with Crippen molar-refractivity contribution in [3.8, 4) is 22.1 Å². The van der Waals surface area contributed by atoms with Crippen molar-refractivity contribution in [2.75, 3.05) is 0 Å². The molecule has 1 aromatic heterocycles. The van der Waals surface area contributed by atoms with Crippen molar-refractivity contribution < 1.29 is 14.6 Å². The second-order valence-corrected chi connectivity index (χ2v) is 7.27. The summed E-state index contributed by atoms with van der Waals surface area (Å²) in [5.74, 6) is 1.05. The summed E-state index contributed by atoms with van der Waals surface area (Å²) in [5.41, 5.74) is 2.68. The van der Waals surface area contributed by atoms with Gasteiger partial charge in [0.1, 0.15) is 21.4 Å². The molecule has 4 nitrogen and oxygen atoms in total. The zero-order valence-electron chi connectivity index (χ0n) is 15.0. The fourth-order valence-corrected chi connectivity index (χ4v) is 3.72. The highest BCUT2D eigenvalue weighted by molar-refractivity contribution is 7.17. The van der Waals surface area contributed by atoms with E-state index >= 15 is 0 Å². The molecule has 2 aromatic carbocycles. The Bertz CT molecular complexity index is 913. The highest BCUT2D eigenvalue weighted by Gasteiger charge is 2.17. The predicted molar refractivity (Wildman–Crippen MR) is 104 cm³/mol. The van der Waals surface area contributed by atoms with Crippen LogP contribution in [0, 0.1) is 0 Å². The maximum atomic E-state index is 11.3. The highest BCUT2D eigenvalue weighted by Crippen LogP contribution is 2.33. The molecular weight excluding hydrogens is 346 g/mol. The summed E-state index contributed by atoms with van der Waals surface area (Å²) >= 11 is 1.21. The zero-order chi connectivity index (χ0) is 18.7. The number of hydrogen-bond donors (Lipinski definition) is 1. The van der Waals surface area contributed by atoms with Crippen LogP contribution in [0.5, 0.6) is 11.5 Å². The molecule has 134 valence electrons. The van der Waals surface area contributed by atoms with Crippen LogP contribution in [-0.2, 0) is 6.42 Å². The molecule has 0 aliphatic heterocycles.